The molecule has 1 aliphatic rings. The standard InChI is InChI=1S/C16H23N5.HI/c1-17-16(20-10-4-5-11-20)18-9-6-12-21-13-19-14-7-2-3-8-15(14)21;/h2-3,7-8,13H,4-6,9-12H2,1H3,(H,17,18);1H. The lowest BCUT2D eigenvalue weighted by atomic mass is 10.3. The van der Waals surface area contributed by atoms with Crippen LogP contribution in [0.25, 0.3) is 11.0 Å². The molecule has 1 fully saturated rings. The molecule has 0 amide bonds. The lowest BCUT2D eigenvalue weighted by molar-refractivity contribution is 0.489. The van der Waals surface area contributed by atoms with E-state index in [0.717, 1.165) is 44.1 Å². The SMILES string of the molecule is CN=C(NCCCn1cnc2ccccc21)N1CCCC1.I. The van der Waals surface area contributed by atoms with Gasteiger partial charge >= 0.3 is 0 Å². The Balaban J connectivity index is 0.00000176. The smallest absolute Gasteiger partial charge is 0.193 e. The maximum Gasteiger partial charge on any atom is 0.193 e. The first-order valence-electron chi connectivity index (χ1n) is 7.74. The van der Waals surface area contributed by atoms with Crippen LogP contribution in [-0.2, 0) is 6.54 Å². The van der Waals surface area contributed by atoms with Crippen LogP contribution in [0.5, 0.6) is 0 Å². The van der Waals surface area contributed by atoms with Crippen molar-refractivity contribution in [1.29, 1.82) is 0 Å². The number of nitrogens with one attached hydrogen (secondary N) is 1. The molecule has 0 radical (unpaired) electrons. The van der Waals surface area contributed by atoms with Gasteiger partial charge in [0.1, 0.15) is 0 Å². The third-order valence-corrected chi connectivity index (χ3v) is 4.00. The van der Waals surface area contributed by atoms with E-state index in [-0.39, 0.29) is 24.0 Å². The zero-order valence-electron chi connectivity index (χ0n) is 13.0. The van der Waals surface area contributed by atoms with Crippen molar-refractivity contribution >= 4 is 41.0 Å². The molecule has 0 atom stereocenters. The number of aromatic nitrogens is 2. The molecule has 1 aliphatic heterocycles. The number of aryl methyl sites for hydroxylation is 1. The van der Waals surface area contributed by atoms with Gasteiger partial charge in [-0.2, -0.15) is 0 Å². The third kappa shape index (κ3) is 3.91. The van der Waals surface area contributed by atoms with Gasteiger partial charge in [0.05, 0.1) is 17.4 Å². The van der Waals surface area contributed by atoms with E-state index in [0.29, 0.717) is 0 Å². The Morgan fingerprint density at radius 3 is 2.82 bits per heavy atom. The fourth-order valence-electron chi connectivity index (χ4n) is 2.90. The van der Waals surface area contributed by atoms with E-state index in [1.54, 1.807) is 0 Å². The van der Waals surface area contributed by atoms with Crippen LogP contribution >= 0.6 is 24.0 Å². The number of aliphatic imine (C=N–C) groups is 1. The van der Waals surface area contributed by atoms with Gasteiger partial charge in [-0.05, 0) is 31.4 Å². The lowest BCUT2D eigenvalue weighted by Crippen LogP contribution is -2.40. The van der Waals surface area contributed by atoms with Crippen molar-refractivity contribution < 1.29 is 0 Å². The Hall–Kier alpha value is -1.31. The molecule has 2 heterocycles. The Kier molecular flexibility index (Phi) is 6.48. The molecule has 22 heavy (non-hydrogen) atoms. The minimum absolute atomic E-state index is 0. The average Bonchev–Trinajstić information content (AvgIpc) is 3.17. The number of benzene rings is 1. The largest absolute Gasteiger partial charge is 0.356 e. The Morgan fingerprint density at radius 1 is 1.27 bits per heavy atom. The molecule has 6 heteroatoms. The van der Waals surface area contributed by atoms with Crippen molar-refractivity contribution in [3.8, 4) is 0 Å². The fourth-order valence-corrected chi connectivity index (χ4v) is 2.90. The van der Waals surface area contributed by atoms with Crippen LogP contribution < -0.4 is 5.32 Å². The van der Waals surface area contributed by atoms with Crippen LogP contribution in [0.15, 0.2) is 35.6 Å². The lowest BCUT2D eigenvalue weighted by Gasteiger charge is -2.20. The Bertz CT molecular complexity index is 616. The van der Waals surface area contributed by atoms with Gasteiger partial charge < -0.3 is 14.8 Å². The highest BCUT2D eigenvalue weighted by molar-refractivity contribution is 14.0. The van der Waals surface area contributed by atoms with Gasteiger partial charge in [-0.25, -0.2) is 4.98 Å². The summed E-state index contributed by atoms with van der Waals surface area (Å²) in [5.41, 5.74) is 2.28. The van der Waals surface area contributed by atoms with E-state index in [2.05, 4.69) is 43.0 Å². The average molecular weight is 413 g/mol. The highest BCUT2D eigenvalue weighted by Gasteiger charge is 2.14. The zero-order valence-corrected chi connectivity index (χ0v) is 15.4. The topological polar surface area (TPSA) is 45.5 Å². The number of halogens is 1. The molecule has 1 saturated heterocycles. The van der Waals surface area contributed by atoms with E-state index in [9.17, 15) is 0 Å². The zero-order chi connectivity index (χ0) is 14.5. The van der Waals surface area contributed by atoms with Gasteiger partial charge in [-0.3, -0.25) is 4.99 Å². The van der Waals surface area contributed by atoms with Crippen LogP contribution in [0.4, 0.5) is 0 Å². The van der Waals surface area contributed by atoms with Gasteiger partial charge in [0, 0.05) is 33.2 Å². The summed E-state index contributed by atoms with van der Waals surface area (Å²) in [4.78, 5) is 11.1. The Labute approximate surface area is 148 Å². The summed E-state index contributed by atoms with van der Waals surface area (Å²) in [5.74, 6) is 1.04. The molecule has 0 unspecified atom stereocenters. The molecular weight excluding hydrogens is 389 g/mol. The molecule has 120 valence electrons. The number of hydrogen-bond donors (Lipinski definition) is 1. The van der Waals surface area contributed by atoms with Crippen molar-refractivity contribution in [3.63, 3.8) is 0 Å². The van der Waals surface area contributed by atoms with E-state index in [4.69, 9.17) is 0 Å². The molecule has 2 aromatic rings. The first-order chi connectivity index (χ1) is 10.4. The molecule has 0 bridgehead atoms. The Morgan fingerprint density at radius 2 is 2.05 bits per heavy atom. The van der Waals surface area contributed by atoms with Gasteiger partial charge in [0.2, 0.25) is 0 Å². The number of fused-ring (bicyclic) bond motifs is 1. The summed E-state index contributed by atoms with van der Waals surface area (Å²) in [7, 11) is 1.87. The van der Waals surface area contributed by atoms with E-state index < -0.39 is 0 Å². The number of hydrogen-bond acceptors (Lipinski definition) is 2. The van der Waals surface area contributed by atoms with Crippen molar-refractivity contribution in [2.75, 3.05) is 26.7 Å². The van der Waals surface area contributed by atoms with Crippen LogP contribution in [-0.4, -0.2) is 47.1 Å². The van der Waals surface area contributed by atoms with Crippen LogP contribution in [0.3, 0.4) is 0 Å². The summed E-state index contributed by atoms with van der Waals surface area (Å²) in [6, 6.07) is 8.27. The van der Waals surface area contributed by atoms with Crippen molar-refractivity contribution in [2.24, 2.45) is 4.99 Å². The van der Waals surface area contributed by atoms with Gasteiger partial charge in [-0.1, -0.05) is 12.1 Å². The summed E-state index contributed by atoms with van der Waals surface area (Å²) >= 11 is 0. The number of nitrogens with zero attached hydrogens (tertiary/aromatic N) is 4. The predicted octanol–water partition coefficient (Wildman–Crippen LogP) is 2.72. The maximum absolute atomic E-state index is 4.42. The number of imidazole rings is 1. The van der Waals surface area contributed by atoms with Crippen molar-refractivity contribution in [2.45, 2.75) is 25.8 Å². The second-order valence-corrected chi connectivity index (χ2v) is 5.45. The van der Waals surface area contributed by atoms with E-state index in [1.807, 2.05) is 19.4 Å². The molecule has 1 aromatic heterocycles. The molecule has 1 aromatic carbocycles. The second-order valence-electron chi connectivity index (χ2n) is 5.45. The highest BCUT2D eigenvalue weighted by atomic mass is 127. The number of para-hydroxylation sites is 2. The minimum atomic E-state index is 0. The normalized spacial score (nSPS) is 15.1. The van der Waals surface area contributed by atoms with Crippen LogP contribution in [0, 0.1) is 0 Å². The van der Waals surface area contributed by atoms with Gasteiger partial charge in [0.25, 0.3) is 0 Å². The summed E-state index contributed by atoms with van der Waals surface area (Å²) < 4.78 is 2.22. The molecule has 0 spiro atoms. The molecule has 3 rings (SSSR count). The summed E-state index contributed by atoms with van der Waals surface area (Å²) in [5, 5.41) is 3.46. The molecule has 5 nitrogen and oxygen atoms in total. The second kappa shape index (κ2) is 8.36. The van der Waals surface area contributed by atoms with E-state index in [1.165, 1.54) is 18.4 Å². The van der Waals surface area contributed by atoms with Gasteiger partial charge in [0.15, 0.2) is 5.96 Å². The monoisotopic (exact) mass is 413 g/mol. The van der Waals surface area contributed by atoms with Crippen LogP contribution in [0.1, 0.15) is 19.3 Å². The minimum Gasteiger partial charge on any atom is -0.356 e. The highest BCUT2D eigenvalue weighted by Crippen LogP contribution is 2.12. The molecule has 0 aliphatic carbocycles. The molecular formula is C16H24IN5. The fraction of sp³-hybridized carbons (Fsp3) is 0.500. The summed E-state index contributed by atoms with van der Waals surface area (Å²) in [6.07, 6.45) is 5.55. The molecule has 1 N–H and O–H groups in total. The third-order valence-electron chi connectivity index (χ3n) is 4.00. The van der Waals surface area contributed by atoms with E-state index >= 15 is 0 Å². The first kappa shape index (κ1) is 17.1. The quantitative estimate of drug-likeness (QED) is 0.363. The van der Waals surface area contributed by atoms with Crippen molar-refractivity contribution in [3.05, 3.63) is 30.6 Å². The summed E-state index contributed by atoms with van der Waals surface area (Å²) in [6.45, 7) is 4.18. The predicted molar refractivity (Wildman–Crippen MR) is 102 cm³/mol. The molecule has 0 saturated carbocycles. The van der Waals surface area contributed by atoms with Crippen LogP contribution in [0.2, 0.25) is 0 Å². The maximum atomic E-state index is 4.42. The number of guanidine groups is 1. The van der Waals surface area contributed by atoms with Gasteiger partial charge in [-0.15, -0.1) is 24.0 Å². The van der Waals surface area contributed by atoms with Crippen molar-refractivity contribution in [1.82, 2.24) is 19.8 Å². The number of rotatable bonds is 4. The first-order valence-corrected chi connectivity index (χ1v) is 7.74. The number of likely N-dealkylation sites (tertiary alicyclic amines) is 1.